The lowest BCUT2D eigenvalue weighted by Crippen LogP contribution is -2.54. The predicted octanol–water partition coefficient (Wildman–Crippen LogP) is 1.12. The first-order valence-corrected chi connectivity index (χ1v) is 8.91. The molecule has 1 aliphatic carbocycles. The Kier molecular flexibility index (Phi) is 4.55. The van der Waals surface area contributed by atoms with Gasteiger partial charge >= 0.3 is 6.03 Å². The zero-order valence-electron chi connectivity index (χ0n) is 14.7. The molecular formula is C17H27N3O4. The third-order valence-corrected chi connectivity index (χ3v) is 5.57. The Hall–Kier alpha value is -1.63. The molecule has 0 radical (unpaired) electrons. The largest absolute Gasteiger partial charge is 0.372 e. The Bertz CT molecular complexity index is 542. The van der Waals surface area contributed by atoms with Gasteiger partial charge in [-0.2, -0.15) is 0 Å². The summed E-state index contributed by atoms with van der Waals surface area (Å²) in [6.45, 7) is 6.65. The van der Waals surface area contributed by atoms with Crippen LogP contribution in [-0.4, -0.2) is 65.0 Å². The number of carbonyl (C=O) groups excluding carboxylic acids is 3. The fourth-order valence-electron chi connectivity index (χ4n) is 4.26. The molecule has 7 nitrogen and oxygen atoms in total. The fraction of sp³-hybridized carbons (Fsp3) is 0.824. The van der Waals surface area contributed by atoms with Crippen molar-refractivity contribution >= 4 is 17.8 Å². The van der Waals surface area contributed by atoms with E-state index in [0.29, 0.717) is 19.5 Å². The monoisotopic (exact) mass is 337 g/mol. The molecule has 3 aliphatic rings. The van der Waals surface area contributed by atoms with Crippen molar-refractivity contribution in [2.75, 3.05) is 19.6 Å². The molecule has 1 N–H and O–H groups in total. The van der Waals surface area contributed by atoms with Crippen molar-refractivity contribution in [1.29, 1.82) is 0 Å². The zero-order valence-corrected chi connectivity index (χ0v) is 14.7. The van der Waals surface area contributed by atoms with Crippen molar-refractivity contribution in [1.82, 2.24) is 15.1 Å². The number of hydrogen-bond donors (Lipinski definition) is 1. The summed E-state index contributed by atoms with van der Waals surface area (Å²) in [5.74, 6) is -0.324. The minimum absolute atomic E-state index is 0.0366. The smallest absolute Gasteiger partial charge is 0.325 e. The molecule has 0 aromatic rings. The standard InChI is InChI=1S/C17H27N3O4/c1-11-6-4-5-7-17(11)15(22)20(16(23)18-17)10-14(21)19-8-12(2)24-13(3)9-19/h11-13H,4-10H2,1-3H3,(H,18,23). The van der Waals surface area contributed by atoms with Crippen LogP contribution in [0.3, 0.4) is 0 Å². The summed E-state index contributed by atoms with van der Waals surface area (Å²) in [5.41, 5.74) is -0.804. The van der Waals surface area contributed by atoms with Gasteiger partial charge in [0.15, 0.2) is 0 Å². The number of hydrogen-bond acceptors (Lipinski definition) is 4. The van der Waals surface area contributed by atoms with Crippen LogP contribution >= 0.6 is 0 Å². The van der Waals surface area contributed by atoms with Crippen molar-refractivity contribution < 1.29 is 19.1 Å². The summed E-state index contributed by atoms with van der Waals surface area (Å²) in [6, 6.07) is -0.434. The average molecular weight is 337 g/mol. The number of rotatable bonds is 2. The highest BCUT2D eigenvalue weighted by atomic mass is 16.5. The van der Waals surface area contributed by atoms with Gasteiger partial charge in [-0.15, -0.1) is 0 Å². The maximum Gasteiger partial charge on any atom is 0.325 e. The van der Waals surface area contributed by atoms with Crippen LogP contribution in [0.2, 0.25) is 0 Å². The Morgan fingerprint density at radius 3 is 2.50 bits per heavy atom. The summed E-state index contributed by atoms with van der Waals surface area (Å²) in [6.07, 6.45) is 3.52. The van der Waals surface area contributed by atoms with Crippen LogP contribution in [0.5, 0.6) is 0 Å². The molecular weight excluding hydrogens is 310 g/mol. The van der Waals surface area contributed by atoms with Gasteiger partial charge in [0.2, 0.25) is 5.91 Å². The number of imide groups is 1. The van der Waals surface area contributed by atoms with Gasteiger partial charge in [-0.05, 0) is 32.6 Å². The van der Waals surface area contributed by atoms with Crippen molar-refractivity contribution in [2.24, 2.45) is 5.92 Å². The number of ether oxygens (including phenoxy) is 1. The number of carbonyl (C=O) groups is 3. The molecule has 1 saturated carbocycles. The fourth-order valence-corrected chi connectivity index (χ4v) is 4.26. The summed E-state index contributed by atoms with van der Waals surface area (Å²) in [4.78, 5) is 40.6. The molecule has 3 rings (SSSR count). The van der Waals surface area contributed by atoms with Crippen LogP contribution in [0.1, 0.15) is 46.5 Å². The highest BCUT2D eigenvalue weighted by Crippen LogP contribution is 2.38. The number of nitrogens with one attached hydrogen (secondary N) is 1. The summed E-state index contributed by atoms with van der Waals surface area (Å²) in [7, 11) is 0. The predicted molar refractivity (Wildman–Crippen MR) is 87.2 cm³/mol. The molecule has 2 heterocycles. The van der Waals surface area contributed by atoms with Gasteiger partial charge in [-0.3, -0.25) is 14.5 Å². The molecule has 24 heavy (non-hydrogen) atoms. The highest BCUT2D eigenvalue weighted by molar-refractivity contribution is 6.09. The third-order valence-electron chi connectivity index (χ3n) is 5.57. The van der Waals surface area contributed by atoms with Crippen LogP contribution in [0.25, 0.3) is 0 Å². The van der Waals surface area contributed by atoms with E-state index in [9.17, 15) is 14.4 Å². The first kappa shape index (κ1) is 17.2. The lowest BCUT2D eigenvalue weighted by Gasteiger charge is -2.37. The molecule has 0 bridgehead atoms. The van der Waals surface area contributed by atoms with Crippen LogP contribution in [0.15, 0.2) is 0 Å². The van der Waals surface area contributed by atoms with Gasteiger partial charge in [-0.1, -0.05) is 19.8 Å². The summed E-state index contributed by atoms with van der Waals surface area (Å²) in [5, 5.41) is 2.89. The molecule has 2 saturated heterocycles. The second-order valence-electron chi connectivity index (χ2n) is 7.50. The molecule has 3 fully saturated rings. The van der Waals surface area contributed by atoms with Crippen LogP contribution in [0, 0.1) is 5.92 Å². The molecule has 0 aromatic heterocycles. The first-order chi connectivity index (χ1) is 11.3. The SMILES string of the molecule is CC1CN(C(=O)CN2C(=O)NC3(CCCCC3C)C2=O)CC(C)O1. The highest BCUT2D eigenvalue weighted by Gasteiger charge is 2.55. The zero-order chi connectivity index (χ0) is 17.5. The minimum Gasteiger partial charge on any atom is -0.372 e. The third kappa shape index (κ3) is 2.90. The molecule has 7 heteroatoms. The Balaban J connectivity index is 1.70. The second kappa shape index (κ2) is 6.35. The van der Waals surface area contributed by atoms with E-state index in [1.165, 1.54) is 0 Å². The molecule has 4 amide bonds. The van der Waals surface area contributed by atoms with E-state index in [4.69, 9.17) is 4.74 Å². The molecule has 2 aliphatic heterocycles. The Morgan fingerprint density at radius 2 is 1.88 bits per heavy atom. The average Bonchev–Trinajstić information content (AvgIpc) is 2.74. The number of nitrogens with zero attached hydrogens (tertiary/aromatic N) is 2. The van der Waals surface area contributed by atoms with E-state index in [2.05, 4.69) is 5.32 Å². The van der Waals surface area contributed by atoms with E-state index < -0.39 is 11.6 Å². The van der Waals surface area contributed by atoms with E-state index >= 15 is 0 Å². The van der Waals surface area contributed by atoms with Crippen molar-refractivity contribution in [2.45, 2.75) is 64.2 Å². The molecule has 0 aromatic carbocycles. The topological polar surface area (TPSA) is 79.0 Å². The Labute approximate surface area is 142 Å². The summed E-state index contributed by atoms with van der Waals surface area (Å²) >= 11 is 0. The van der Waals surface area contributed by atoms with E-state index in [-0.39, 0.29) is 36.5 Å². The number of amides is 4. The van der Waals surface area contributed by atoms with Gasteiger partial charge in [-0.25, -0.2) is 4.79 Å². The molecule has 4 atom stereocenters. The maximum atomic E-state index is 12.9. The lowest BCUT2D eigenvalue weighted by atomic mass is 9.73. The Morgan fingerprint density at radius 1 is 1.21 bits per heavy atom. The first-order valence-electron chi connectivity index (χ1n) is 8.91. The lowest BCUT2D eigenvalue weighted by molar-refractivity contribution is -0.147. The van der Waals surface area contributed by atoms with Crippen LogP contribution in [0.4, 0.5) is 4.79 Å². The van der Waals surface area contributed by atoms with Gasteiger partial charge in [0, 0.05) is 13.1 Å². The maximum absolute atomic E-state index is 12.9. The van der Waals surface area contributed by atoms with Crippen molar-refractivity contribution in [3.8, 4) is 0 Å². The van der Waals surface area contributed by atoms with Gasteiger partial charge in [0.25, 0.3) is 5.91 Å². The van der Waals surface area contributed by atoms with E-state index in [0.717, 1.165) is 24.2 Å². The molecule has 1 spiro atoms. The van der Waals surface area contributed by atoms with Crippen molar-refractivity contribution in [3.63, 3.8) is 0 Å². The van der Waals surface area contributed by atoms with E-state index in [1.807, 2.05) is 20.8 Å². The molecule has 134 valence electrons. The quantitative estimate of drug-likeness (QED) is 0.766. The molecule has 4 unspecified atom stereocenters. The van der Waals surface area contributed by atoms with Crippen molar-refractivity contribution in [3.05, 3.63) is 0 Å². The number of urea groups is 1. The summed E-state index contributed by atoms with van der Waals surface area (Å²) < 4.78 is 5.63. The van der Waals surface area contributed by atoms with Crippen LogP contribution in [-0.2, 0) is 14.3 Å². The van der Waals surface area contributed by atoms with Gasteiger partial charge < -0.3 is 15.0 Å². The normalized spacial score (nSPS) is 37.0. The van der Waals surface area contributed by atoms with Gasteiger partial charge in [0.1, 0.15) is 12.1 Å². The minimum atomic E-state index is -0.804. The van der Waals surface area contributed by atoms with Crippen LogP contribution < -0.4 is 5.32 Å². The van der Waals surface area contributed by atoms with Gasteiger partial charge in [0.05, 0.1) is 12.2 Å². The number of morpholine rings is 1. The second-order valence-corrected chi connectivity index (χ2v) is 7.50. The van der Waals surface area contributed by atoms with E-state index in [1.54, 1.807) is 4.90 Å².